The van der Waals surface area contributed by atoms with Crippen molar-refractivity contribution < 1.29 is 14.0 Å². The van der Waals surface area contributed by atoms with Crippen LogP contribution in [-0.4, -0.2) is 40.8 Å². The molecule has 0 aliphatic carbocycles. The highest BCUT2D eigenvalue weighted by molar-refractivity contribution is 5.89. The normalized spacial score (nSPS) is 17.3. The molecule has 3 aromatic rings. The zero-order valence-corrected chi connectivity index (χ0v) is 16.0. The molecule has 0 bridgehead atoms. The predicted molar refractivity (Wildman–Crippen MR) is 108 cm³/mol. The number of hydrogen-bond acceptors (Lipinski definition) is 3. The second-order valence-corrected chi connectivity index (χ2v) is 7.27. The molecule has 1 atom stereocenters. The first kappa shape index (κ1) is 19.1. The molecule has 1 fully saturated rings. The van der Waals surface area contributed by atoms with Gasteiger partial charge in [-0.05, 0) is 35.2 Å². The molecule has 0 radical (unpaired) electrons. The number of carbonyl (C=O) groups is 2. The molecule has 3 N–H and O–H groups in total. The van der Waals surface area contributed by atoms with Crippen molar-refractivity contribution in [1.29, 1.82) is 0 Å². The zero-order chi connectivity index (χ0) is 20.2. The average Bonchev–Trinajstić information content (AvgIpc) is 3.14. The maximum absolute atomic E-state index is 13.1. The van der Waals surface area contributed by atoms with Gasteiger partial charge in [-0.2, -0.15) is 0 Å². The molecule has 29 heavy (non-hydrogen) atoms. The van der Waals surface area contributed by atoms with E-state index in [0.29, 0.717) is 26.2 Å². The number of benzene rings is 2. The van der Waals surface area contributed by atoms with Crippen LogP contribution in [0.5, 0.6) is 0 Å². The van der Waals surface area contributed by atoms with E-state index in [2.05, 4.69) is 15.6 Å². The number of halogens is 1. The fourth-order valence-electron chi connectivity index (χ4n) is 3.67. The van der Waals surface area contributed by atoms with E-state index >= 15 is 0 Å². The van der Waals surface area contributed by atoms with Crippen LogP contribution in [0.25, 0.3) is 10.9 Å². The molecule has 1 unspecified atom stereocenters. The van der Waals surface area contributed by atoms with Gasteiger partial charge in [0.25, 0.3) is 0 Å². The number of H-pyrrole nitrogens is 1. The van der Waals surface area contributed by atoms with Gasteiger partial charge in [-0.1, -0.05) is 30.3 Å². The first-order valence-electron chi connectivity index (χ1n) is 9.68. The molecular formula is C22H23FN4O2. The van der Waals surface area contributed by atoms with Crippen molar-refractivity contribution in [3.63, 3.8) is 0 Å². The maximum Gasteiger partial charge on any atom is 0.237 e. The summed E-state index contributed by atoms with van der Waals surface area (Å²) in [6.07, 6.45) is 0.0766. The maximum atomic E-state index is 13.1. The fraction of sp³-hybridized carbons (Fsp3) is 0.273. The summed E-state index contributed by atoms with van der Waals surface area (Å²) >= 11 is 0. The summed E-state index contributed by atoms with van der Waals surface area (Å²) < 4.78 is 13.1. The van der Waals surface area contributed by atoms with Gasteiger partial charge in [0.1, 0.15) is 5.82 Å². The second kappa shape index (κ2) is 8.45. The number of hydrogen-bond donors (Lipinski definition) is 3. The van der Waals surface area contributed by atoms with E-state index in [-0.39, 0.29) is 24.1 Å². The minimum atomic E-state index is -0.545. The van der Waals surface area contributed by atoms with Crippen LogP contribution < -0.4 is 10.6 Å². The number of nitrogens with zero attached hydrogens (tertiary/aromatic N) is 1. The van der Waals surface area contributed by atoms with E-state index in [4.69, 9.17) is 0 Å². The third-order valence-corrected chi connectivity index (χ3v) is 5.18. The van der Waals surface area contributed by atoms with Gasteiger partial charge in [-0.3, -0.25) is 14.5 Å². The van der Waals surface area contributed by atoms with Gasteiger partial charge in [0, 0.05) is 30.8 Å². The number of fused-ring (bicyclic) bond motifs is 1. The lowest BCUT2D eigenvalue weighted by molar-refractivity contribution is -0.134. The number of nitrogens with one attached hydrogen (secondary N) is 3. The van der Waals surface area contributed by atoms with Crippen molar-refractivity contribution in [2.24, 2.45) is 0 Å². The molecule has 1 saturated heterocycles. The Morgan fingerprint density at radius 2 is 1.97 bits per heavy atom. The standard InChI is InChI=1S/C22H23FN4O2/c23-17-7-5-15(6-8-17)14-27-10-9-24-22(29)20(27)12-21(28)25-13-18-11-16-3-1-2-4-19(16)26-18/h1-8,11,20,26H,9-10,12-14H2,(H,24,29)(H,25,28). The minimum Gasteiger partial charge on any atom is -0.357 e. The summed E-state index contributed by atoms with van der Waals surface area (Å²) in [5, 5.41) is 6.81. The summed E-state index contributed by atoms with van der Waals surface area (Å²) in [6.45, 7) is 2.05. The van der Waals surface area contributed by atoms with Crippen molar-refractivity contribution in [2.45, 2.75) is 25.6 Å². The molecule has 1 aromatic heterocycles. The number of aromatic nitrogens is 1. The monoisotopic (exact) mass is 394 g/mol. The number of amides is 2. The van der Waals surface area contributed by atoms with E-state index in [1.807, 2.05) is 35.2 Å². The Kier molecular flexibility index (Phi) is 5.57. The van der Waals surface area contributed by atoms with Gasteiger partial charge < -0.3 is 15.6 Å². The first-order valence-corrected chi connectivity index (χ1v) is 9.68. The van der Waals surface area contributed by atoms with Gasteiger partial charge in [0.2, 0.25) is 11.8 Å². The lowest BCUT2D eigenvalue weighted by Gasteiger charge is -2.34. The highest BCUT2D eigenvalue weighted by Gasteiger charge is 2.31. The summed E-state index contributed by atoms with van der Waals surface area (Å²) in [4.78, 5) is 30.1. The van der Waals surface area contributed by atoms with Gasteiger partial charge in [-0.25, -0.2) is 4.39 Å². The largest absolute Gasteiger partial charge is 0.357 e. The Bertz CT molecular complexity index is 982. The van der Waals surface area contributed by atoms with Crippen molar-refractivity contribution in [3.05, 3.63) is 71.7 Å². The van der Waals surface area contributed by atoms with Crippen LogP contribution >= 0.6 is 0 Å². The second-order valence-electron chi connectivity index (χ2n) is 7.27. The molecule has 7 heteroatoms. The molecule has 0 spiro atoms. The van der Waals surface area contributed by atoms with Gasteiger partial charge in [-0.15, -0.1) is 0 Å². The summed E-state index contributed by atoms with van der Waals surface area (Å²) in [6, 6.07) is 15.6. The number of carbonyl (C=O) groups excluding carboxylic acids is 2. The fourth-order valence-corrected chi connectivity index (χ4v) is 3.67. The average molecular weight is 394 g/mol. The summed E-state index contributed by atoms with van der Waals surface area (Å²) in [5.41, 5.74) is 2.84. The Hall–Kier alpha value is -3.19. The molecule has 2 aromatic carbocycles. The Morgan fingerprint density at radius 1 is 1.17 bits per heavy atom. The van der Waals surface area contributed by atoms with E-state index in [9.17, 15) is 14.0 Å². The Balaban J connectivity index is 1.37. The van der Waals surface area contributed by atoms with Crippen molar-refractivity contribution in [2.75, 3.05) is 13.1 Å². The Morgan fingerprint density at radius 3 is 2.76 bits per heavy atom. The molecular weight excluding hydrogens is 371 g/mol. The minimum absolute atomic E-state index is 0.0766. The van der Waals surface area contributed by atoms with Crippen molar-refractivity contribution in [3.8, 4) is 0 Å². The van der Waals surface area contributed by atoms with Crippen LogP contribution in [0, 0.1) is 5.82 Å². The third kappa shape index (κ3) is 4.63. The van der Waals surface area contributed by atoms with Crippen LogP contribution in [0.2, 0.25) is 0 Å². The van der Waals surface area contributed by atoms with Gasteiger partial charge >= 0.3 is 0 Å². The molecule has 1 aliphatic heterocycles. The van der Waals surface area contributed by atoms with E-state index < -0.39 is 6.04 Å². The van der Waals surface area contributed by atoms with Crippen LogP contribution in [0.15, 0.2) is 54.6 Å². The quantitative estimate of drug-likeness (QED) is 0.601. The third-order valence-electron chi connectivity index (χ3n) is 5.18. The highest BCUT2D eigenvalue weighted by atomic mass is 19.1. The molecule has 2 amide bonds. The molecule has 150 valence electrons. The number of para-hydroxylation sites is 1. The first-order chi connectivity index (χ1) is 14.1. The van der Waals surface area contributed by atoms with Crippen LogP contribution in [0.4, 0.5) is 4.39 Å². The number of aromatic amines is 1. The van der Waals surface area contributed by atoms with Crippen LogP contribution in [0.3, 0.4) is 0 Å². The van der Waals surface area contributed by atoms with Gasteiger partial charge in [0.05, 0.1) is 19.0 Å². The lowest BCUT2D eigenvalue weighted by atomic mass is 10.1. The molecule has 2 heterocycles. The Labute approximate surface area is 168 Å². The van der Waals surface area contributed by atoms with E-state index in [1.54, 1.807) is 12.1 Å². The molecule has 0 saturated carbocycles. The summed E-state index contributed by atoms with van der Waals surface area (Å²) in [7, 11) is 0. The lowest BCUT2D eigenvalue weighted by Crippen LogP contribution is -2.56. The van der Waals surface area contributed by atoms with E-state index in [0.717, 1.165) is 22.2 Å². The summed E-state index contributed by atoms with van der Waals surface area (Å²) in [5.74, 6) is -0.632. The predicted octanol–water partition coefficient (Wildman–Crippen LogP) is 2.31. The number of piperazine rings is 1. The van der Waals surface area contributed by atoms with Crippen molar-refractivity contribution in [1.82, 2.24) is 20.5 Å². The molecule has 6 nitrogen and oxygen atoms in total. The van der Waals surface area contributed by atoms with Crippen molar-refractivity contribution >= 4 is 22.7 Å². The van der Waals surface area contributed by atoms with Gasteiger partial charge in [0.15, 0.2) is 0 Å². The SMILES string of the molecule is O=C(CC1C(=O)NCCN1Cc1ccc(F)cc1)NCc1cc2ccccc2[nH]1. The van der Waals surface area contributed by atoms with Crippen LogP contribution in [-0.2, 0) is 22.7 Å². The smallest absolute Gasteiger partial charge is 0.237 e. The zero-order valence-electron chi connectivity index (χ0n) is 16.0. The topological polar surface area (TPSA) is 77.2 Å². The number of rotatable bonds is 6. The molecule has 1 aliphatic rings. The molecule has 4 rings (SSSR count). The highest BCUT2D eigenvalue weighted by Crippen LogP contribution is 2.16. The van der Waals surface area contributed by atoms with E-state index in [1.165, 1.54) is 12.1 Å². The van der Waals surface area contributed by atoms with Crippen LogP contribution in [0.1, 0.15) is 17.7 Å².